The van der Waals surface area contributed by atoms with E-state index in [0.717, 1.165) is 16.9 Å². The van der Waals surface area contributed by atoms with E-state index in [2.05, 4.69) is 9.73 Å². The Bertz CT molecular complexity index is 1260. The van der Waals surface area contributed by atoms with E-state index in [0.29, 0.717) is 22.3 Å². The summed E-state index contributed by atoms with van der Waals surface area (Å²) in [4.78, 5) is 45.9. The molecule has 37 heavy (non-hydrogen) atoms. The van der Waals surface area contributed by atoms with Gasteiger partial charge >= 0.3 is 11.9 Å². The van der Waals surface area contributed by atoms with E-state index in [1.807, 2.05) is 6.07 Å². The SMILES string of the molecule is COOSc1ccc(C(COC(=O)c2cccc(CO[N+](=O)[O-])c2)=C(C(=O)OC)c2ccccc2)cc1. The molecule has 3 aromatic carbocycles. The number of rotatable bonds is 12. The fraction of sp³-hybridized carbons (Fsp3) is 0.154. The van der Waals surface area contributed by atoms with Crippen LogP contribution in [0.1, 0.15) is 27.0 Å². The minimum Gasteiger partial charge on any atom is -0.465 e. The number of esters is 2. The van der Waals surface area contributed by atoms with E-state index in [9.17, 15) is 19.7 Å². The second kappa shape index (κ2) is 13.8. The molecule has 0 bridgehead atoms. The Labute approximate surface area is 217 Å². The van der Waals surface area contributed by atoms with E-state index < -0.39 is 17.0 Å². The summed E-state index contributed by atoms with van der Waals surface area (Å²) in [5, 5.41) is 9.56. The van der Waals surface area contributed by atoms with Gasteiger partial charge in [0.1, 0.15) is 13.2 Å². The fourth-order valence-electron chi connectivity index (χ4n) is 3.34. The highest BCUT2D eigenvalue weighted by atomic mass is 32.2. The molecule has 0 fully saturated rings. The summed E-state index contributed by atoms with van der Waals surface area (Å²) >= 11 is 1.01. The van der Waals surface area contributed by atoms with Crippen molar-refractivity contribution in [2.45, 2.75) is 11.5 Å². The normalized spacial score (nSPS) is 11.3. The zero-order valence-electron chi connectivity index (χ0n) is 19.9. The molecule has 0 aromatic heterocycles. The molecule has 0 saturated carbocycles. The van der Waals surface area contributed by atoms with Gasteiger partial charge in [0.25, 0.3) is 5.09 Å². The summed E-state index contributed by atoms with van der Waals surface area (Å²) in [6.07, 6.45) is 0. The monoisotopic (exact) mass is 525 g/mol. The molecule has 10 nitrogen and oxygen atoms in total. The minimum atomic E-state index is -0.912. The van der Waals surface area contributed by atoms with Gasteiger partial charge in [0.15, 0.2) is 0 Å². The molecule has 0 aliphatic heterocycles. The second-order valence-electron chi connectivity index (χ2n) is 7.33. The van der Waals surface area contributed by atoms with Crippen molar-refractivity contribution in [3.8, 4) is 0 Å². The van der Waals surface area contributed by atoms with Crippen molar-refractivity contribution < 1.29 is 38.2 Å². The lowest BCUT2D eigenvalue weighted by Crippen LogP contribution is -2.13. The molecule has 3 rings (SSSR count). The van der Waals surface area contributed by atoms with Crippen molar-refractivity contribution in [3.63, 3.8) is 0 Å². The molecule has 0 saturated heterocycles. The highest BCUT2D eigenvalue weighted by Crippen LogP contribution is 2.30. The minimum absolute atomic E-state index is 0.173. The first-order valence-corrected chi connectivity index (χ1v) is 11.5. The van der Waals surface area contributed by atoms with Crippen LogP contribution in [0, 0.1) is 10.1 Å². The van der Waals surface area contributed by atoms with Crippen LogP contribution >= 0.6 is 12.0 Å². The lowest BCUT2D eigenvalue weighted by Gasteiger charge is -2.16. The van der Waals surface area contributed by atoms with E-state index in [4.69, 9.17) is 13.8 Å². The van der Waals surface area contributed by atoms with Gasteiger partial charge in [0.2, 0.25) is 0 Å². The number of ether oxygens (including phenoxy) is 2. The molecule has 11 heteroatoms. The predicted octanol–water partition coefficient (Wildman–Crippen LogP) is 4.92. The third kappa shape index (κ3) is 7.90. The maximum atomic E-state index is 12.9. The van der Waals surface area contributed by atoms with Gasteiger partial charge < -0.3 is 14.3 Å². The molecule has 0 spiro atoms. The summed E-state index contributed by atoms with van der Waals surface area (Å²) in [6, 6.07) is 22.0. The van der Waals surface area contributed by atoms with E-state index >= 15 is 0 Å². The lowest BCUT2D eigenvalue weighted by atomic mass is 9.95. The van der Waals surface area contributed by atoms with Gasteiger partial charge in [-0.2, -0.15) is 4.33 Å². The number of methoxy groups -OCH3 is 1. The van der Waals surface area contributed by atoms with Crippen molar-refractivity contribution >= 4 is 35.1 Å². The fourth-order valence-corrected chi connectivity index (χ4v) is 3.74. The van der Waals surface area contributed by atoms with Gasteiger partial charge in [0, 0.05) is 10.5 Å². The van der Waals surface area contributed by atoms with Crippen LogP contribution in [0.4, 0.5) is 0 Å². The maximum absolute atomic E-state index is 12.9. The van der Waals surface area contributed by atoms with Crippen LogP contribution in [-0.2, 0) is 34.9 Å². The topological polar surface area (TPSA) is 123 Å². The van der Waals surface area contributed by atoms with Crippen LogP contribution < -0.4 is 0 Å². The van der Waals surface area contributed by atoms with Crippen LogP contribution in [-0.4, -0.2) is 37.9 Å². The third-order valence-corrected chi connectivity index (χ3v) is 5.67. The molecule has 0 unspecified atom stereocenters. The Kier molecular flexibility index (Phi) is 10.2. The van der Waals surface area contributed by atoms with Crippen molar-refractivity contribution in [1.82, 2.24) is 0 Å². The molecule has 0 aliphatic rings. The molecule has 0 heterocycles. The highest BCUT2D eigenvalue weighted by molar-refractivity contribution is 7.94. The summed E-state index contributed by atoms with van der Waals surface area (Å²) in [5.41, 5.74) is 2.45. The van der Waals surface area contributed by atoms with E-state index in [1.54, 1.807) is 60.7 Å². The van der Waals surface area contributed by atoms with Gasteiger partial charge in [-0.25, -0.2) is 14.5 Å². The van der Waals surface area contributed by atoms with Crippen molar-refractivity contribution in [3.05, 3.63) is 111 Å². The molecule has 0 amide bonds. The number of hydrogen-bond acceptors (Lipinski definition) is 10. The average Bonchev–Trinajstić information content (AvgIpc) is 2.93. The van der Waals surface area contributed by atoms with E-state index in [1.165, 1.54) is 26.4 Å². The Morgan fingerprint density at radius 3 is 2.24 bits per heavy atom. The average molecular weight is 526 g/mol. The van der Waals surface area contributed by atoms with Crippen LogP contribution in [0.25, 0.3) is 11.1 Å². The highest BCUT2D eigenvalue weighted by Gasteiger charge is 2.21. The van der Waals surface area contributed by atoms with E-state index in [-0.39, 0.29) is 24.4 Å². The molecule has 192 valence electrons. The standard InChI is InChI=1S/C26H23NO9S/c1-32-26(29)24(20-8-4-3-5-9-20)23(19-11-13-22(14-12-19)37-36-33-2)17-34-25(28)21-10-6-7-18(15-21)16-35-27(30)31/h3-15H,16-17H2,1-2H3. The first-order chi connectivity index (χ1) is 17.9. The van der Waals surface area contributed by atoms with Crippen LogP contribution in [0.3, 0.4) is 0 Å². The third-order valence-electron chi connectivity index (χ3n) is 5.00. The van der Waals surface area contributed by atoms with Crippen LogP contribution in [0.5, 0.6) is 0 Å². The van der Waals surface area contributed by atoms with Gasteiger partial charge in [-0.05, 0) is 41.0 Å². The van der Waals surface area contributed by atoms with Crippen molar-refractivity contribution in [2.75, 3.05) is 20.8 Å². The molecular formula is C26H23NO9S. The van der Waals surface area contributed by atoms with Gasteiger partial charge in [0.05, 0.1) is 37.4 Å². The quantitative estimate of drug-likeness (QED) is 0.0612. The molecule has 0 N–H and O–H groups in total. The smallest absolute Gasteiger partial charge is 0.338 e. The maximum Gasteiger partial charge on any atom is 0.338 e. The molecule has 0 atom stereocenters. The Balaban J connectivity index is 1.95. The summed E-state index contributed by atoms with van der Waals surface area (Å²) in [5.74, 6) is -1.28. The zero-order valence-corrected chi connectivity index (χ0v) is 20.8. The number of hydrogen-bond donors (Lipinski definition) is 0. The summed E-state index contributed by atoms with van der Waals surface area (Å²) in [7, 11) is 2.67. The van der Waals surface area contributed by atoms with Crippen molar-refractivity contribution in [1.29, 1.82) is 0 Å². The second-order valence-corrected chi connectivity index (χ2v) is 8.10. The van der Waals surface area contributed by atoms with Gasteiger partial charge in [-0.15, -0.1) is 10.1 Å². The Morgan fingerprint density at radius 1 is 0.892 bits per heavy atom. The van der Waals surface area contributed by atoms with Crippen molar-refractivity contribution in [2.24, 2.45) is 0 Å². The largest absolute Gasteiger partial charge is 0.465 e. The summed E-state index contributed by atoms with van der Waals surface area (Å²) < 4.78 is 15.5. The van der Waals surface area contributed by atoms with Crippen LogP contribution in [0.15, 0.2) is 83.8 Å². The summed E-state index contributed by atoms with van der Waals surface area (Å²) in [6.45, 7) is -0.564. The first-order valence-electron chi connectivity index (χ1n) is 10.8. The predicted molar refractivity (Wildman–Crippen MR) is 134 cm³/mol. The van der Waals surface area contributed by atoms with Crippen LogP contribution in [0.2, 0.25) is 0 Å². The molecule has 0 aliphatic carbocycles. The number of carbonyl (C=O) groups is 2. The number of carbonyl (C=O) groups excluding carboxylic acids is 2. The molecule has 3 aromatic rings. The Hall–Kier alpha value is -4.19. The van der Waals surface area contributed by atoms with Gasteiger partial charge in [-0.1, -0.05) is 54.6 Å². The first kappa shape index (κ1) is 27.4. The zero-order chi connectivity index (χ0) is 26.6. The number of nitrogens with zero attached hydrogens (tertiary/aromatic N) is 1. The van der Waals surface area contributed by atoms with Gasteiger partial charge in [-0.3, -0.25) is 0 Å². The lowest BCUT2D eigenvalue weighted by molar-refractivity contribution is -0.763. The Morgan fingerprint density at radius 2 is 1.59 bits per heavy atom. The molecular weight excluding hydrogens is 502 g/mol. The number of benzene rings is 3. The molecule has 0 radical (unpaired) electrons.